The van der Waals surface area contributed by atoms with E-state index in [1.165, 1.54) is 19.3 Å². The number of piperidine rings is 1. The van der Waals surface area contributed by atoms with E-state index in [2.05, 4.69) is 43.1 Å². The lowest BCUT2D eigenvalue weighted by Gasteiger charge is -2.46. The second-order valence-corrected chi connectivity index (χ2v) is 7.12. The van der Waals surface area contributed by atoms with Gasteiger partial charge in [-0.25, -0.2) is 5.43 Å². The standard InChI is InChI=1S/C15H28ClN5/c1-11(2)21-13(12(16)10-18-21)14(19-17)15(3,4)20-8-6-5-7-9-20/h10-11,14,19H,5-9,17H2,1-4H3. The summed E-state index contributed by atoms with van der Waals surface area (Å²) >= 11 is 6.41. The third-order valence-electron chi connectivity index (χ3n) is 4.59. The number of aromatic nitrogens is 2. The maximum absolute atomic E-state index is 6.41. The predicted octanol–water partition coefficient (Wildman–Crippen LogP) is 2.89. The van der Waals surface area contributed by atoms with Crippen LogP contribution in [0.15, 0.2) is 6.20 Å². The van der Waals surface area contributed by atoms with Gasteiger partial charge in [0, 0.05) is 11.6 Å². The highest BCUT2D eigenvalue weighted by molar-refractivity contribution is 6.31. The van der Waals surface area contributed by atoms with E-state index in [0.717, 1.165) is 18.8 Å². The largest absolute Gasteiger partial charge is 0.296 e. The molecule has 1 aromatic heterocycles. The summed E-state index contributed by atoms with van der Waals surface area (Å²) in [6.07, 6.45) is 5.53. The summed E-state index contributed by atoms with van der Waals surface area (Å²) in [7, 11) is 0. The summed E-state index contributed by atoms with van der Waals surface area (Å²) in [4.78, 5) is 2.51. The van der Waals surface area contributed by atoms with E-state index in [0.29, 0.717) is 5.02 Å². The monoisotopic (exact) mass is 313 g/mol. The SMILES string of the molecule is CC(C)n1ncc(Cl)c1C(NN)C(C)(C)N1CCCCC1. The van der Waals surface area contributed by atoms with Crippen LogP contribution in [-0.4, -0.2) is 33.3 Å². The summed E-state index contributed by atoms with van der Waals surface area (Å²) in [5, 5.41) is 5.09. The van der Waals surface area contributed by atoms with Crippen LogP contribution in [-0.2, 0) is 0 Å². The van der Waals surface area contributed by atoms with E-state index in [4.69, 9.17) is 17.4 Å². The molecular weight excluding hydrogens is 286 g/mol. The van der Waals surface area contributed by atoms with Gasteiger partial charge in [-0.05, 0) is 53.6 Å². The number of nitrogens with one attached hydrogen (secondary N) is 1. The lowest BCUT2D eigenvalue weighted by atomic mass is 9.88. The lowest BCUT2D eigenvalue weighted by Crippen LogP contribution is -2.56. The van der Waals surface area contributed by atoms with Crippen molar-refractivity contribution >= 4 is 11.6 Å². The normalized spacial score (nSPS) is 19.2. The maximum Gasteiger partial charge on any atom is 0.0835 e. The van der Waals surface area contributed by atoms with E-state index in [9.17, 15) is 0 Å². The fraction of sp³-hybridized carbons (Fsp3) is 0.800. The summed E-state index contributed by atoms with van der Waals surface area (Å²) in [6.45, 7) is 10.9. The first-order chi connectivity index (χ1) is 9.89. The Kier molecular flexibility index (Phi) is 5.30. The van der Waals surface area contributed by atoms with Crippen molar-refractivity contribution in [2.45, 2.75) is 64.6 Å². The first-order valence-corrected chi connectivity index (χ1v) is 8.21. The highest BCUT2D eigenvalue weighted by atomic mass is 35.5. The molecule has 1 unspecified atom stereocenters. The molecule has 1 aliphatic rings. The van der Waals surface area contributed by atoms with Gasteiger partial charge in [0.25, 0.3) is 0 Å². The van der Waals surface area contributed by atoms with Crippen LogP contribution in [0.5, 0.6) is 0 Å². The topological polar surface area (TPSA) is 59.1 Å². The number of hydrogen-bond donors (Lipinski definition) is 2. The maximum atomic E-state index is 6.41. The number of rotatable bonds is 5. The molecule has 0 spiro atoms. The molecule has 2 rings (SSSR count). The zero-order valence-electron chi connectivity index (χ0n) is 13.6. The van der Waals surface area contributed by atoms with Gasteiger partial charge in [0.2, 0.25) is 0 Å². The van der Waals surface area contributed by atoms with Crippen LogP contribution in [0.4, 0.5) is 0 Å². The first-order valence-electron chi connectivity index (χ1n) is 7.83. The minimum Gasteiger partial charge on any atom is -0.296 e. The van der Waals surface area contributed by atoms with Crippen molar-refractivity contribution in [3.8, 4) is 0 Å². The highest BCUT2D eigenvalue weighted by Crippen LogP contribution is 2.36. The van der Waals surface area contributed by atoms with Crippen molar-refractivity contribution in [1.29, 1.82) is 0 Å². The van der Waals surface area contributed by atoms with Crippen LogP contribution in [0.1, 0.15) is 64.7 Å². The van der Waals surface area contributed by atoms with Gasteiger partial charge in [0.15, 0.2) is 0 Å². The van der Waals surface area contributed by atoms with Crippen molar-refractivity contribution < 1.29 is 0 Å². The molecule has 3 N–H and O–H groups in total. The molecule has 0 aliphatic carbocycles. The van der Waals surface area contributed by atoms with Crippen molar-refractivity contribution in [1.82, 2.24) is 20.1 Å². The molecular formula is C15H28ClN5. The van der Waals surface area contributed by atoms with Crippen LogP contribution in [0.3, 0.4) is 0 Å². The lowest BCUT2D eigenvalue weighted by molar-refractivity contribution is 0.0575. The zero-order chi connectivity index (χ0) is 15.6. The number of nitrogens with two attached hydrogens (primary N) is 1. The number of hydrogen-bond acceptors (Lipinski definition) is 4. The smallest absolute Gasteiger partial charge is 0.0835 e. The molecule has 2 heterocycles. The van der Waals surface area contributed by atoms with Crippen LogP contribution in [0, 0.1) is 0 Å². The van der Waals surface area contributed by atoms with Crippen molar-refractivity contribution in [2.24, 2.45) is 5.84 Å². The molecule has 1 fully saturated rings. The molecule has 0 radical (unpaired) electrons. The second-order valence-electron chi connectivity index (χ2n) is 6.72. The zero-order valence-corrected chi connectivity index (χ0v) is 14.3. The Morgan fingerprint density at radius 2 is 1.90 bits per heavy atom. The van der Waals surface area contributed by atoms with Gasteiger partial charge in [0.1, 0.15) is 0 Å². The average Bonchev–Trinajstić information content (AvgIpc) is 2.83. The van der Waals surface area contributed by atoms with Crippen molar-refractivity contribution in [2.75, 3.05) is 13.1 Å². The second kappa shape index (κ2) is 6.65. The Labute approximate surface area is 132 Å². The van der Waals surface area contributed by atoms with Crippen LogP contribution < -0.4 is 11.3 Å². The molecule has 120 valence electrons. The highest BCUT2D eigenvalue weighted by Gasteiger charge is 2.39. The minimum atomic E-state index is -0.120. The van der Waals surface area contributed by atoms with Crippen molar-refractivity contribution in [3.63, 3.8) is 0 Å². The van der Waals surface area contributed by atoms with Crippen LogP contribution in [0.2, 0.25) is 5.02 Å². The van der Waals surface area contributed by atoms with E-state index in [-0.39, 0.29) is 17.6 Å². The molecule has 0 aromatic carbocycles. The number of hydrazine groups is 1. The molecule has 6 heteroatoms. The van der Waals surface area contributed by atoms with Gasteiger partial charge >= 0.3 is 0 Å². The Balaban J connectivity index is 2.36. The molecule has 1 aliphatic heterocycles. The van der Waals surface area contributed by atoms with Crippen LogP contribution in [0.25, 0.3) is 0 Å². The minimum absolute atomic E-state index is 0.0620. The van der Waals surface area contributed by atoms with E-state index < -0.39 is 0 Å². The molecule has 5 nitrogen and oxygen atoms in total. The molecule has 0 saturated carbocycles. The van der Waals surface area contributed by atoms with Gasteiger partial charge in [-0.15, -0.1) is 0 Å². The molecule has 0 amide bonds. The van der Waals surface area contributed by atoms with Gasteiger partial charge in [-0.2, -0.15) is 5.10 Å². The Morgan fingerprint density at radius 3 is 2.43 bits per heavy atom. The number of likely N-dealkylation sites (tertiary alicyclic amines) is 1. The van der Waals surface area contributed by atoms with Gasteiger partial charge in [0.05, 0.1) is 23.0 Å². The molecule has 21 heavy (non-hydrogen) atoms. The van der Waals surface area contributed by atoms with Crippen LogP contribution >= 0.6 is 11.6 Å². The molecule has 0 bridgehead atoms. The van der Waals surface area contributed by atoms with Gasteiger partial charge in [-0.3, -0.25) is 15.4 Å². The number of halogens is 1. The summed E-state index contributed by atoms with van der Waals surface area (Å²) in [6, 6.07) is 0.188. The third-order valence-corrected chi connectivity index (χ3v) is 4.88. The Hall–Kier alpha value is -0.620. The quantitative estimate of drug-likeness (QED) is 0.648. The molecule has 1 aromatic rings. The molecule has 1 atom stereocenters. The summed E-state index contributed by atoms with van der Waals surface area (Å²) in [5.74, 6) is 5.92. The van der Waals surface area contributed by atoms with Gasteiger partial charge < -0.3 is 0 Å². The first kappa shape index (κ1) is 16.7. The fourth-order valence-electron chi connectivity index (χ4n) is 3.30. The molecule has 1 saturated heterocycles. The van der Waals surface area contributed by atoms with E-state index >= 15 is 0 Å². The van der Waals surface area contributed by atoms with Gasteiger partial charge in [-0.1, -0.05) is 18.0 Å². The summed E-state index contributed by atoms with van der Waals surface area (Å²) < 4.78 is 1.97. The Morgan fingerprint density at radius 1 is 1.29 bits per heavy atom. The fourth-order valence-corrected chi connectivity index (χ4v) is 3.54. The average molecular weight is 314 g/mol. The summed E-state index contributed by atoms with van der Waals surface area (Å²) in [5.41, 5.74) is 3.85. The van der Waals surface area contributed by atoms with E-state index in [1.54, 1.807) is 6.20 Å². The third kappa shape index (κ3) is 3.26. The number of nitrogens with zero attached hydrogens (tertiary/aromatic N) is 3. The van der Waals surface area contributed by atoms with Crippen molar-refractivity contribution in [3.05, 3.63) is 16.9 Å². The van der Waals surface area contributed by atoms with E-state index in [1.807, 2.05) is 4.68 Å². The Bertz CT molecular complexity index is 463. The predicted molar refractivity (Wildman–Crippen MR) is 87.2 cm³/mol.